The van der Waals surface area contributed by atoms with Gasteiger partial charge in [0, 0.05) is 0 Å². The van der Waals surface area contributed by atoms with Crippen LogP contribution in [0, 0.1) is 5.92 Å². The molecule has 1 atom stereocenters. The van der Waals surface area contributed by atoms with E-state index in [1.165, 1.54) is 12.1 Å². The van der Waals surface area contributed by atoms with Crippen LogP contribution in [0.5, 0.6) is 5.75 Å². The predicted octanol–water partition coefficient (Wildman–Crippen LogP) is 0.873. The van der Waals surface area contributed by atoms with Gasteiger partial charge >= 0.3 is 6.03 Å². The summed E-state index contributed by atoms with van der Waals surface area (Å²) < 4.78 is 5.27. The number of hydrogen-bond acceptors (Lipinski definition) is 5. The molecule has 21 heavy (non-hydrogen) atoms. The van der Waals surface area contributed by atoms with Crippen LogP contribution in [0.4, 0.5) is 10.5 Å². The number of rotatable bonds is 4. The summed E-state index contributed by atoms with van der Waals surface area (Å²) in [6.07, 6.45) is 0. The Bertz CT molecular complexity index is 608. The van der Waals surface area contributed by atoms with E-state index in [0.717, 1.165) is 11.8 Å². The normalized spacial score (nSPS) is 18.5. The van der Waals surface area contributed by atoms with Gasteiger partial charge < -0.3 is 4.74 Å². The second-order valence-corrected chi connectivity index (χ2v) is 4.44. The fourth-order valence-electron chi connectivity index (χ4n) is 2.04. The first-order valence-electron chi connectivity index (χ1n) is 6.37. The standard InChI is InChI=1S/C14H14N2O5/c1-3-21-10-6-4-9(5-7-10)16-13(19)11(8(2)17)12(18)15-14(16)20/h4-7,11H,3H2,1-2H3,(H,15,18,20). The third kappa shape index (κ3) is 2.76. The average molecular weight is 290 g/mol. The number of nitrogens with zero attached hydrogens (tertiary/aromatic N) is 1. The van der Waals surface area contributed by atoms with E-state index in [-0.39, 0.29) is 5.69 Å². The molecule has 0 radical (unpaired) electrons. The first-order valence-corrected chi connectivity index (χ1v) is 6.37. The lowest BCUT2D eigenvalue weighted by molar-refractivity contribution is -0.140. The number of carbonyl (C=O) groups excluding carboxylic acids is 4. The van der Waals surface area contributed by atoms with Gasteiger partial charge in [0.05, 0.1) is 12.3 Å². The van der Waals surface area contributed by atoms with Gasteiger partial charge in [0.15, 0.2) is 11.7 Å². The first-order chi connectivity index (χ1) is 9.95. The van der Waals surface area contributed by atoms with Crippen molar-refractivity contribution in [3.05, 3.63) is 24.3 Å². The Morgan fingerprint density at radius 1 is 1.24 bits per heavy atom. The zero-order chi connectivity index (χ0) is 15.6. The molecular formula is C14H14N2O5. The summed E-state index contributed by atoms with van der Waals surface area (Å²) in [5.41, 5.74) is 0.264. The van der Waals surface area contributed by atoms with Crippen LogP contribution in [0.1, 0.15) is 13.8 Å². The maximum absolute atomic E-state index is 12.2. The van der Waals surface area contributed by atoms with Crippen molar-refractivity contribution in [1.29, 1.82) is 0 Å². The summed E-state index contributed by atoms with van der Waals surface area (Å²) in [6, 6.07) is 5.34. The molecule has 1 unspecified atom stereocenters. The third-order valence-corrected chi connectivity index (χ3v) is 2.98. The van der Waals surface area contributed by atoms with Crippen LogP contribution >= 0.6 is 0 Å². The van der Waals surface area contributed by atoms with Gasteiger partial charge in [-0.15, -0.1) is 0 Å². The molecule has 1 N–H and O–H groups in total. The molecule has 1 aromatic carbocycles. The van der Waals surface area contributed by atoms with Crippen molar-refractivity contribution in [2.24, 2.45) is 5.92 Å². The topological polar surface area (TPSA) is 92.8 Å². The van der Waals surface area contributed by atoms with E-state index in [9.17, 15) is 19.2 Å². The van der Waals surface area contributed by atoms with Gasteiger partial charge in [-0.2, -0.15) is 0 Å². The van der Waals surface area contributed by atoms with Gasteiger partial charge in [-0.05, 0) is 38.1 Å². The van der Waals surface area contributed by atoms with Gasteiger partial charge in [0.25, 0.3) is 5.91 Å². The number of amides is 4. The summed E-state index contributed by atoms with van der Waals surface area (Å²) in [5.74, 6) is -3.25. The van der Waals surface area contributed by atoms with Crippen LogP contribution in [-0.2, 0) is 14.4 Å². The van der Waals surface area contributed by atoms with Crippen LogP contribution in [0.2, 0.25) is 0 Å². The summed E-state index contributed by atoms with van der Waals surface area (Å²) >= 11 is 0. The van der Waals surface area contributed by atoms with Crippen LogP contribution in [0.25, 0.3) is 0 Å². The zero-order valence-electron chi connectivity index (χ0n) is 11.6. The van der Waals surface area contributed by atoms with Crippen LogP contribution < -0.4 is 15.0 Å². The zero-order valence-corrected chi connectivity index (χ0v) is 11.6. The van der Waals surface area contributed by atoms with Gasteiger partial charge in [-0.3, -0.25) is 19.7 Å². The van der Waals surface area contributed by atoms with Gasteiger partial charge in [0.1, 0.15) is 5.75 Å². The quantitative estimate of drug-likeness (QED) is 0.831. The minimum atomic E-state index is -1.49. The molecule has 1 aliphatic heterocycles. The summed E-state index contributed by atoms with van der Waals surface area (Å²) in [6.45, 7) is 3.45. The lowest BCUT2D eigenvalue weighted by Crippen LogP contribution is -2.59. The Labute approximate surface area is 120 Å². The van der Waals surface area contributed by atoms with E-state index < -0.39 is 29.5 Å². The molecule has 4 amide bonds. The fraction of sp³-hybridized carbons (Fsp3) is 0.286. The Morgan fingerprint density at radius 3 is 2.38 bits per heavy atom. The molecule has 1 heterocycles. The second-order valence-electron chi connectivity index (χ2n) is 4.44. The molecule has 7 heteroatoms. The molecule has 1 fully saturated rings. The smallest absolute Gasteiger partial charge is 0.335 e. The second kappa shape index (κ2) is 5.74. The van der Waals surface area contributed by atoms with Crippen molar-refractivity contribution in [2.45, 2.75) is 13.8 Å². The SMILES string of the molecule is CCOc1ccc(N2C(=O)NC(=O)C(C(C)=O)C2=O)cc1. The number of benzene rings is 1. The van der Waals surface area contributed by atoms with Gasteiger partial charge in [-0.1, -0.05) is 0 Å². The molecule has 0 aromatic heterocycles. The van der Waals surface area contributed by atoms with Crippen molar-refractivity contribution in [3.8, 4) is 5.75 Å². The number of urea groups is 1. The van der Waals surface area contributed by atoms with E-state index in [1.807, 2.05) is 12.2 Å². The largest absolute Gasteiger partial charge is 0.494 e. The number of anilines is 1. The van der Waals surface area contributed by atoms with Crippen LogP contribution in [0.3, 0.4) is 0 Å². The monoisotopic (exact) mass is 290 g/mol. The Kier molecular flexibility index (Phi) is 4.02. The van der Waals surface area contributed by atoms with Crippen molar-refractivity contribution in [3.63, 3.8) is 0 Å². The summed E-state index contributed by atoms with van der Waals surface area (Å²) in [4.78, 5) is 47.8. The number of barbiturate groups is 1. The predicted molar refractivity (Wildman–Crippen MR) is 72.8 cm³/mol. The summed E-state index contributed by atoms with van der Waals surface area (Å²) in [5, 5.41) is 2.00. The first kappa shape index (κ1) is 14.7. The van der Waals surface area contributed by atoms with E-state index in [1.54, 1.807) is 12.1 Å². The lowest BCUT2D eigenvalue weighted by atomic mass is 10.00. The van der Waals surface area contributed by atoms with Crippen molar-refractivity contribution < 1.29 is 23.9 Å². The minimum absolute atomic E-state index is 0.264. The number of carbonyl (C=O) groups is 4. The van der Waals surface area contributed by atoms with Gasteiger partial charge in [-0.25, -0.2) is 9.69 Å². The lowest BCUT2D eigenvalue weighted by Gasteiger charge is -2.28. The highest BCUT2D eigenvalue weighted by Gasteiger charge is 2.43. The number of Topliss-reactive ketones (excluding diaryl/α,β-unsaturated/α-hetero) is 1. The molecule has 1 saturated heterocycles. The molecule has 0 spiro atoms. The molecule has 0 bridgehead atoms. The molecule has 2 rings (SSSR count). The average Bonchev–Trinajstić information content (AvgIpc) is 2.40. The highest BCUT2D eigenvalue weighted by atomic mass is 16.5. The Morgan fingerprint density at radius 2 is 1.86 bits per heavy atom. The molecular weight excluding hydrogens is 276 g/mol. The Balaban J connectivity index is 2.32. The molecule has 0 saturated carbocycles. The molecule has 1 aliphatic rings. The molecule has 110 valence electrons. The number of ether oxygens (including phenoxy) is 1. The third-order valence-electron chi connectivity index (χ3n) is 2.98. The number of hydrogen-bond donors (Lipinski definition) is 1. The number of ketones is 1. The van der Waals surface area contributed by atoms with Crippen LogP contribution in [-0.4, -0.2) is 30.2 Å². The number of nitrogens with one attached hydrogen (secondary N) is 1. The maximum atomic E-state index is 12.2. The minimum Gasteiger partial charge on any atom is -0.494 e. The fourth-order valence-corrected chi connectivity index (χ4v) is 2.04. The van der Waals surface area contributed by atoms with Crippen LogP contribution in [0.15, 0.2) is 24.3 Å². The van der Waals surface area contributed by atoms with Crippen molar-refractivity contribution in [1.82, 2.24) is 5.32 Å². The number of imide groups is 2. The summed E-state index contributed by atoms with van der Waals surface area (Å²) in [7, 11) is 0. The van der Waals surface area contributed by atoms with Gasteiger partial charge in [0.2, 0.25) is 5.91 Å². The van der Waals surface area contributed by atoms with E-state index in [2.05, 4.69) is 0 Å². The van der Waals surface area contributed by atoms with Crippen molar-refractivity contribution in [2.75, 3.05) is 11.5 Å². The highest BCUT2D eigenvalue weighted by Crippen LogP contribution is 2.23. The van der Waals surface area contributed by atoms with E-state index >= 15 is 0 Å². The molecule has 0 aliphatic carbocycles. The highest BCUT2D eigenvalue weighted by molar-refractivity contribution is 6.34. The molecule has 7 nitrogen and oxygen atoms in total. The van der Waals surface area contributed by atoms with E-state index in [4.69, 9.17) is 4.74 Å². The molecule has 1 aromatic rings. The maximum Gasteiger partial charge on any atom is 0.335 e. The Hall–Kier alpha value is -2.70. The van der Waals surface area contributed by atoms with E-state index in [0.29, 0.717) is 12.4 Å². The van der Waals surface area contributed by atoms with Crippen molar-refractivity contribution >= 4 is 29.3 Å².